The van der Waals surface area contributed by atoms with Crippen molar-refractivity contribution in [3.63, 3.8) is 0 Å². The van der Waals surface area contributed by atoms with Crippen LogP contribution in [-0.4, -0.2) is 29.1 Å². The number of hydrogen-bond donors (Lipinski definition) is 0. The zero-order valence-electron chi connectivity index (χ0n) is 17.6. The molecule has 0 bridgehead atoms. The largest absolute Gasteiger partial charge is 0.466 e. The molecular formula is C23H29NO5. The van der Waals surface area contributed by atoms with Gasteiger partial charge in [0.2, 0.25) is 0 Å². The number of rotatable bonds is 9. The van der Waals surface area contributed by atoms with Crippen molar-refractivity contribution in [3.8, 4) is 11.5 Å². The van der Waals surface area contributed by atoms with Crippen molar-refractivity contribution in [2.24, 2.45) is 0 Å². The highest BCUT2D eigenvalue weighted by Gasteiger charge is 2.16. The van der Waals surface area contributed by atoms with Crippen molar-refractivity contribution in [2.75, 3.05) is 6.61 Å². The van der Waals surface area contributed by atoms with Crippen LogP contribution in [0.3, 0.4) is 0 Å². The van der Waals surface area contributed by atoms with Gasteiger partial charge in [-0.1, -0.05) is 6.07 Å². The molecule has 1 heterocycles. The number of aromatic nitrogens is 1. The standard InChI is InChI=1S/C23H29NO5/c1-5-27-21(25)10-8-17-13-18(9-11-22(26)29-23(2,3)4)15-20(14-17)28-19-7-6-12-24-16-19/h6-7,12-16H,5,8-11H2,1-4H3. The number of nitrogens with zero attached hydrogens (tertiary/aromatic N) is 1. The third-order valence-corrected chi connectivity index (χ3v) is 3.86. The van der Waals surface area contributed by atoms with Crippen molar-refractivity contribution in [2.45, 2.75) is 59.0 Å². The van der Waals surface area contributed by atoms with E-state index in [1.54, 1.807) is 25.4 Å². The first-order chi connectivity index (χ1) is 13.7. The number of hydrogen-bond acceptors (Lipinski definition) is 6. The van der Waals surface area contributed by atoms with E-state index in [2.05, 4.69) is 4.98 Å². The Hall–Kier alpha value is -2.89. The van der Waals surface area contributed by atoms with E-state index in [9.17, 15) is 9.59 Å². The zero-order chi connectivity index (χ0) is 21.3. The molecule has 0 atom stereocenters. The molecule has 0 saturated heterocycles. The van der Waals surface area contributed by atoms with Crippen molar-refractivity contribution in [3.05, 3.63) is 53.9 Å². The molecule has 2 rings (SSSR count). The highest BCUT2D eigenvalue weighted by Crippen LogP contribution is 2.25. The van der Waals surface area contributed by atoms with Gasteiger partial charge in [0.25, 0.3) is 0 Å². The molecule has 0 fully saturated rings. The fraction of sp³-hybridized carbons (Fsp3) is 0.435. The quantitative estimate of drug-likeness (QED) is 0.572. The molecule has 1 aromatic heterocycles. The van der Waals surface area contributed by atoms with Gasteiger partial charge in [-0.2, -0.15) is 0 Å². The van der Waals surface area contributed by atoms with Crippen LogP contribution in [0.2, 0.25) is 0 Å². The molecule has 0 radical (unpaired) electrons. The van der Waals surface area contributed by atoms with Crippen molar-refractivity contribution in [1.29, 1.82) is 0 Å². The van der Waals surface area contributed by atoms with Crippen LogP contribution >= 0.6 is 0 Å². The maximum atomic E-state index is 12.1. The Balaban J connectivity index is 2.12. The van der Waals surface area contributed by atoms with E-state index in [1.807, 2.05) is 45.0 Å². The molecule has 0 amide bonds. The lowest BCUT2D eigenvalue weighted by molar-refractivity contribution is -0.154. The summed E-state index contributed by atoms with van der Waals surface area (Å²) < 4.78 is 16.3. The topological polar surface area (TPSA) is 74.7 Å². The van der Waals surface area contributed by atoms with Gasteiger partial charge in [0, 0.05) is 19.0 Å². The summed E-state index contributed by atoms with van der Waals surface area (Å²) in [5, 5.41) is 0. The first kappa shape index (κ1) is 22.4. The molecule has 0 spiro atoms. The molecule has 156 valence electrons. The fourth-order valence-corrected chi connectivity index (χ4v) is 2.74. The molecule has 6 nitrogen and oxygen atoms in total. The van der Waals surface area contributed by atoms with Gasteiger partial charge >= 0.3 is 11.9 Å². The molecule has 0 aliphatic carbocycles. The monoisotopic (exact) mass is 399 g/mol. The fourth-order valence-electron chi connectivity index (χ4n) is 2.74. The van der Waals surface area contributed by atoms with E-state index in [-0.39, 0.29) is 24.8 Å². The molecule has 0 saturated carbocycles. The summed E-state index contributed by atoms with van der Waals surface area (Å²) in [5.41, 5.74) is 1.38. The Bertz CT molecular complexity index is 812. The number of carbonyl (C=O) groups is 2. The van der Waals surface area contributed by atoms with Gasteiger partial charge < -0.3 is 14.2 Å². The SMILES string of the molecule is CCOC(=O)CCc1cc(CCC(=O)OC(C)(C)C)cc(Oc2cccnc2)c1. The second kappa shape index (κ2) is 10.6. The first-order valence-corrected chi connectivity index (χ1v) is 9.83. The summed E-state index contributed by atoms with van der Waals surface area (Å²) in [5.74, 6) is 0.775. The Kier molecular flexibility index (Phi) is 8.19. The number of ether oxygens (including phenoxy) is 3. The molecule has 0 aliphatic rings. The second-order valence-corrected chi connectivity index (χ2v) is 7.67. The van der Waals surface area contributed by atoms with E-state index in [1.165, 1.54) is 0 Å². The maximum Gasteiger partial charge on any atom is 0.306 e. The molecule has 0 aliphatic heterocycles. The van der Waals surface area contributed by atoms with Crippen molar-refractivity contribution >= 4 is 11.9 Å². The normalized spacial score (nSPS) is 11.0. The van der Waals surface area contributed by atoms with Crippen LogP contribution in [-0.2, 0) is 31.9 Å². The summed E-state index contributed by atoms with van der Waals surface area (Å²) in [6, 6.07) is 9.39. The van der Waals surface area contributed by atoms with Crippen LogP contribution < -0.4 is 4.74 Å². The van der Waals surface area contributed by atoms with E-state index in [0.29, 0.717) is 30.9 Å². The average Bonchev–Trinajstić information content (AvgIpc) is 2.64. The molecule has 0 unspecified atom stereocenters. The third kappa shape index (κ3) is 8.77. The Morgan fingerprint density at radius 3 is 2.17 bits per heavy atom. The van der Waals surface area contributed by atoms with E-state index >= 15 is 0 Å². The van der Waals surface area contributed by atoms with Crippen molar-refractivity contribution in [1.82, 2.24) is 4.98 Å². The van der Waals surface area contributed by atoms with E-state index < -0.39 is 5.60 Å². The lowest BCUT2D eigenvalue weighted by Gasteiger charge is -2.19. The number of esters is 2. The first-order valence-electron chi connectivity index (χ1n) is 9.83. The Morgan fingerprint density at radius 2 is 1.62 bits per heavy atom. The lowest BCUT2D eigenvalue weighted by Crippen LogP contribution is -2.24. The molecule has 0 N–H and O–H groups in total. The number of carbonyl (C=O) groups excluding carboxylic acids is 2. The molecule has 1 aromatic carbocycles. The van der Waals surface area contributed by atoms with Crippen molar-refractivity contribution < 1.29 is 23.8 Å². The van der Waals surface area contributed by atoms with Gasteiger partial charge in [0.05, 0.1) is 12.8 Å². The highest BCUT2D eigenvalue weighted by molar-refractivity contribution is 5.70. The van der Waals surface area contributed by atoms with Crippen LogP contribution in [0.4, 0.5) is 0 Å². The summed E-state index contributed by atoms with van der Waals surface area (Å²) >= 11 is 0. The third-order valence-electron chi connectivity index (χ3n) is 3.86. The minimum atomic E-state index is -0.507. The molecular weight excluding hydrogens is 370 g/mol. The van der Waals surface area contributed by atoms with Gasteiger partial charge in [0.1, 0.15) is 17.1 Å². The van der Waals surface area contributed by atoms with Crippen LogP contribution in [0, 0.1) is 0 Å². The predicted molar refractivity (Wildman–Crippen MR) is 110 cm³/mol. The van der Waals surface area contributed by atoms with Gasteiger partial charge in [-0.05, 0) is 75.9 Å². The van der Waals surface area contributed by atoms with Crippen LogP contribution in [0.5, 0.6) is 11.5 Å². The number of benzene rings is 1. The minimum absolute atomic E-state index is 0.235. The second-order valence-electron chi connectivity index (χ2n) is 7.67. The predicted octanol–water partition coefficient (Wildman–Crippen LogP) is 4.64. The summed E-state index contributed by atoms with van der Waals surface area (Å²) in [6.45, 7) is 7.70. The summed E-state index contributed by atoms with van der Waals surface area (Å²) in [7, 11) is 0. The van der Waals surface area contributed by atoms with Gasteiger partial charge in [-0.3, -0.25) is 14.6 Å². The van der Waals surface area contributed by atoms with Crippen LogP contribution in [0.1, 0.15) is 51.7 Å². The van der Waals surface area contributed by atoms with Gasteiger partial charge in [-0.25, -0.2) is 0 Å². The summed E-state index contributed by atoms with van der Waals surface area (Å²) in [4.78, 5) is 27.8. The average molecular weight is 399 g/mol. The van der Waals surface area contributed by atoms with E-state index in [4.69, 9.17) is 14.2 Å². The number of aryl methyl sites for hydroxylation is 2. The maximum absolute atomic E-state index is 12.1. The summed E-state index contributed by atoms with van der Waals surface area (Å²) in [6.07, 6.45) is 4.91. The van der Waals surface area contributed by atoms with Gasteiger partial charge in [-0.15, -0.1) is 0 Å². The van der Waals surface area contributed by atoms with Crippen LogP contribution in [0.25, 0.3) is 0 Å². The minimum Gasteiger partial charge on any atom is -0.466 e. The Morgan fingerprint density at radius 1 is 0.966 bits per heavy atom. The zero-order valence-corrected chi connectivity index (χ0v) is 17.6. The lowest BCUT2D eigenvalue weighted by atomic mass is 10.0. The Labute approximate surface area is 172 Å². The van der Waals surface area contributed by atoms with E-state index in [0.717, 1.165) is 11.1 Å². The van der Waals surface area contributed by atoms with Crippen LogP contribution in [0.15, 0.2) is 42.7 Å². The number of pyridine rings is 1. The highest BCUT2D eigenvalue weighted by atomic mass is 16.6. The molecule has 6 heteroatoms. The molecule has 2 aromatic rings. The van der Waals surface area contributed by atoms with Gasteiger partial charge in [0.15, 0.2) is 0 Å². The molecule has 29 heavy (non-hydrogen) atoms. The smallest absolute Gasteiger partial charge is 0.306 e.